The summed E-state index contributed by atoms with van der Waals surface area (Å²) in [6, 6.07) is 7.76. The number of hydrogen-bond acceptors (Lipinski definition) is 2. The maximum Gasteiger partial charge on any atom is 0.314 e. The van der Waals surface area contributed by atoms with Crippen LogP contribution < -0.4 is 15.5 Å². The summed E-state index contributed by atoms with van der Waals surface area (Å²) in [6.07, 6.45) is 2.25. The zero-order valence-corrected chi connectivity index (χ0v) is 11.8. The van der Waals surface area contributed by atoms with E-state index < -0.39 is 0 Å². The molecular formula is C15H21N3O2. The fourth-order valence-electron chi connectivity index (χ4n) is 2.32. The molecule has 0 saturated carbocycles. The normalized spacial score (nSPS) is 13.8. The summed E-state index contributed by atoms with van der Waals surface area (Å²) in [6.45, 7) is 3.63. The van der Waals surface area contributed by atoms with Gasteiger partial charge < -0.3 is 15.5 Å². The number of nitrogens with one attached hydrogen (secondary N) is 2. The standard InChI is InChI=1S/C15H21N3O2/c1-2-9-16-15(20)17-10-11-18-13-6-4-3-5-12(13)7-8-14(18)19/h3-6H,2,7-11H2,1H3,(H2,16,17,20). The van der Waals surface area contributed by atoms with Gasteiger partial charge in [0.25, 0.3) is 0 Å². The van der Waals surface area contributed by atoms with E-state index in [1.54, 1.807) is 4.90 Å². The summed E-state index contributed by atoms with van der Waals surface area (Å²) >= 11 is 0. The third-order valence-electron chi connectivity index (χ3n) is 3.35. The Balaban J connectivity index is 1.89. The van der Waals surface area contributed by atoms with Crippen molar-refractivity contribution in [3.63, 3.8) is 0 Å². The van der Waals surface area contributed by atoms with E-state index in [9.17, 15) is 9.59 Å². The van der Waals surface area contributed by atoms with Crippen LogP contribution in [0.25, 0.3) is 0 Å². The van der Waals surface area contributed by atoms with Crippen molar-refractivity contribution in [2.45, 2.75) is 26.2 Å². The highest BCUT2D eigenvalue weighted by Crippen LogP contribution is 2.26. The third kappa shape index (κ3) is 3.50. The van der Waals surface area contributed by atoms with E-state index in [2.05, 4.69) is 16.7 Å². The minimum atomic E-state index is -0.176. The van der Waals surface area contributed by atoms with Crippen molar-refractivity contribution >= 4 is 17.6 Å². The number of carbonyl (C=O) groups excluding carboxylic acids is 2. The van der Waals surface area contributed by atoms with Crippen LogP contribution in [0.2, 0.25) is 0 Å². The van der Waals surface area contributed by atoms with E-state index in [1.165, 1.54) is 5.56 Å². The molecule has 2 N–H and O–H groups in total. The lowest BCUT2D eigenvalue weighted by molar-refractivity contribution is -0.118. The van der Waals surface area contributed by atoms with Crippen molar-refractivity contribution in [3.8, 4) is 0 Å². The molecule has 5 nitrogen and oxygen atoms in total. The van der Waals surface area contributed by atoms with Gasteiger partial charge in [-0.25, -0.2) is 4.79 Å². The molecule has 1 aliphatic heterocycles. The first-order valence-electron chi connectivity index (χ1n) is 7.12. The van der Waals surface area contributed by atoms with E-state index in [4.69, 9.17) is 0 Å². The van der Waals surface area contributed by atoms with Crippen LogP contribution in [0.5, 0.6) is 0 Å². The largest absolute Gasteiger partial charge is 0.338 e. The fourth-order valence-corrected chi connectivity index (χ4v) is 2.32. The highest BCUT2D eigenvalue weighted by molar-refractivity contribution is 5.96. The number of anilines is 1. The van der Waals surface area contributed by atoms with Gasteiger partial charge in [0.2, 0.25) is 5.91 Å². The number of aryl methyl sites for hydroxylation is 1. The highest BCUT2D eigenvalue weighted by atomic mass is 16.2. The number of hydrogen-bond donors (Lipinski definition) is 2. The zero-order chi connectivity index (χ0) is 14.4. The van der Waals surface area contributed by atoms with E-state index in [0.717, 1.165) is 18.5 Å². The third-order valence-corrected chi connectivity index (χ3v) is 3.35. The van der Waals surface area contributed by atoms with Gasteiger partial charge in [0.1, 0.15) is 0 Å². The number of urea groups is 1. The van der Waals surface area contributed by atoms with Gasteiger partial charge in [0.05, 0.1) is 0 Å². The summed E-state index contributed by atoms with van der Waals surface area (Å²) in [5.41, 5.74) is 2.17. The van der Waals surface area contributed by atoms with Gasteiger partial charge in [-0.2, -0.15) is 0 Å². The first kappa shape index (κ1) is 14.4. The lowest BCUT2D eigenvalue weighted by atomic mass is 10.0. The predicted molar refractivity (Wildman–Crippen MR) is 78.8 cm³/mol. The smallest absolute Gasteiger partial charge is 0.314 e. The zero-order valence-electron chi connectivity index (χ0n) is 11.8. The van der Waals surface area contributed by atoms with E-state index >= 15 is 0 Å². The Hall–Kier alpha value is -2.04. The Labute approximate surface area is 119 Å². The number of amides is 3. The molecule has 0 fully saturated rings. The summed E-state index contributed by atoms with van der Waals surface area (Å²) in [5, 5.41) is 5.52. The van der Waals surface area contributed by atoms with Crippen molar-refractivity contribution in [2.24, 2.45) is 0 Å². The van der Waals surface area contributed by atoms with Gasteiger partial charge in [-0.05, 0) is 24.5 Å². The molecule has 0 atom stereocenters. The summed E-state index contributed by atoms with van der Waals surface area (Å²) < 4.78 is 0. The average Bonchev–Trinajstić information content (AvgIpc) is 2.47. The molecule has 0 unspecified atom stereocenters. The fraction of sp³-hybridized carbons (Fsp3) is 0.467. The summed E-state index contributed by atoms with van der Waals surface area (Å²) in [4.78, 5) is 25.2. The first-order valence-corrected chi connectivity index (χ1v) is 7.12. The van der Waals surface area contributed by atoms with Crippen molar-refractivity contribution in [3.05, 3.63) is 29.8 Å². The van der Waals surface area contributed by atoms with Gasteiger partial charge in [0.15, 0.2) is 0 Å². The van der Waals surface area contributed by atoms with E-state index in [1.807, 2.05) is 25.1 Å². The Morgan fingerprint density at radius 1 is 1.20 bits per heavy atom. The van der Waals surface area contributed by atoms with Crippen LogP contribution in [0.4, 0.5) is 10.5 Å². The number of carbonyl (C=O) groups is 2. The van der Waals surface area contributed by atoms with E-state index in [0.29, 0.717) is 26.1 Å². The minimum Gasteiger partial charge on any atom is -0.338 e. The average molecular weight is 275 g/mol. The predicted octanol–water partition coefficient (Wildman–Crippen LogP) is 1.67. The Kier molecular flexibility index (Phi) is 4.98. The van der Waals surface area contributed by atoms with E-state index in [-0.39, 0.29) is 11.9 Å². The van der Waals surface area contributed by atoms with Crippen LogP contribution in [-0.2, 0) is 11.2 Å². The molecule has 1 aliphatic rings. The molecule has 3 amide bonds. The molecule has 5 heteroatoms. The van der Waals surface area contributed by atoms with Gasteiger partial charge >= 0.3 is 6.03 Å². The molecule has 1 heterocycles. The number of para-hydroxylation sites is 1. The molecular weight excluding hydrogens is 254 g/mol. The van der Waals surface area contributed by atoms with Crippen LogP contribution in [0.3, 0.4) is 0 Å². The van der Waals surface area contributed by atoms with Crippen molar-refractivity contribution in [1.82, 2.24) is 10.6 Å². The Morgan fingerprint density at radius 3 is 2.75 bits per heavy atom. The van der Waals surface area contributed by atoms with Crippen LogP contribution in [0, 0.1) is 0 Å². The maximum atomic E-state index is 12.0. The number of nitrogens with zero attached hydrogens (tertiary/aromatic N) is 1. The quantitative estimate of drug-likeness (QED) is 0.858. The topological polar surface area (TPSA) is 61.4 Å². The van der Waals surface area contributed by atoms with Crippen molar-refractivity contribution in [1.29, 1.82) is 0 Å². The minimum absolute atomic E-state index is 0.125. The molecule has 1 aromatic rings. The van der Waals surface area contributed by atoms with Crippen molar-refractivity contribution in [2.75, 3.05) is 24.5 Å². The van der Waals surface area contributed by atoms with Gasteiger partial charge in [-0.3, -0.25) is 4.79 Å². The van der Waals surface area contributed by atoms with Gasteiger partial charge in [-0.1, -0.05) is 25.1 Å². The molecule has 108 valence electrons. The van der Waals surface area contributed by atoms with Gasteiger partial charge in [-0.15, -0.1) is 0 Å². The SMILES string of the molecule is CCCNC(=O)NCCN1C(=O)CCc2ccccc21. The van der Waals surface area contributed by atoms with Crippen molar-refractivity contribution < 1.29 is 9.59 Å². The molecule has 0 bridgehead atoms. The lowest BCUT2D eigenvalue weighted by Gasteiger charge is -2.29. The molecule has 0 saturated heterocycles. The lowest BCUT2D eigenvalue weighted by Crippen LogP contribution is -2.43. The molecule has 0 spiro atoms. The Bertz CT molecular complexity index is 488. The number of rotatable bonds is 5. The highest BCUT2D eigenvalue weighted by Gasteiger charge is 2.23. The Morgan fingerprint density at radius 2 is 1.95 bits per heavy atom. The molecule has 2 rings (SSSR count). The molecule has 0 aliphatic carbocycles. The monoisotopic (exact) mass is 275 g/mol. The molecule has 0 aromatic heterocycles. The summed E-state index contributed by atoms with van der Waals surface area (Å²) in [7, 11) is 0. The second kappa shape index (κ2) is 6.93. The molecule has 0 radical (unpaired) electrons. The number of benzene rings is 1. The second-order valence-corrected chi connectivity index (χ2v) is 4.86. The van der Waals surface area contributed by atoms with Crippen LogP contribution in [-0.4, -0.2) is 31.6 Å². The maximum absolute atomic E-state index is 12.0. The second-order valence-electron chi connectivity index (χ2n) is 4.86. The first-order chi connectivity index (χ1) is 9.72. The van der Waals surface area contributed by atoms with Crippen LogP contribution in [0.1, 0.15) is 25.3 Å². The van der Waals surface area contributed by atoms with Crippen LogP contribution in [0.15, 0.2) is 24.3 Å². The molecule has 1 aromatic carbocycles. The molecule has 20 heavy (non-hydrogen) atoms. The van der Waals surface area contributed by atoms with Crippen LogP contribution >= 0.6 is 0 Å². The number of fused-ring (bicyclic) bond motifs is 1. The van der Waals surface area contributed by atoms with Gasteiger partial charge in [0, 0.05) is 31.7 Å². The summed E-state index contributed by atoms with van der Waals surface area (Å²) in [5.74, 6) is 0.125.